The highest BCUT2D eigenvalue weighted by atomic mass is 32.2. The number of aromatic nitrogens is 3. The van der Waals surface area contributed by atoms with Crippen LogP contribution in [-0.2, 0) is 20.8 Å². The molecule has 2 N–H and O–H groups in total. The molecule has 2 unspecified atom stereocenters. The molecule has 5 fully saturated rings. The third-order valence-corrected chi connectivity index (χ3v) is 11.9. The van der Waals surface area contributed by atoms with Gasteiger partial charge in [0.25, 0.3) is 5.91 Å². The Labute approximate surface area is 254 Å². The Morgan fingerprint density at radius 3 is 2.50 bits per heavy atom. The van der Waals surface area contributed by atoms with Crippen molar-refractivity contribution in [2.24, 2.45) is 0 Å². The van der Waals surface area contributed by atoms with Gasteiger partial charge in [-0.15, -0.1) is 11.3 Å². The largest absolute Gasteiger partial charge is 0.420 e. The number of hydrogen-bond acceptors (Lipinski definition) is 11. The van der Waals surface area contributed by atoms with Crippen LogP contribution in [0.2, 0.25) is 0 Å². The van der Waals surface area contributed by atoms with Crippen LogP contribution in [0.15, 0.2) is 29.4 Å². The molecule has 11 nitrogen and oxygen atoms in total. The smallest absolute Gasteiger partial charge is 0.377 e. The Morgan fingerprint density at radius 2 is 1.84 bits per heavy atom. The van der Waals surface area contributed by atoms with Crippen LogP contribution in [0.3, 0.4) is 0 Å². The standard InChI is InChI=1S/C28H28F3N7O4S2/c29-28(30,31)20-9-33-27(36-25-19(14-1-2-14)6-17(8-32-25)37-10-15-5-16(11-37)34-15)35-23(20)21-7-22-24(43-21)26(39)38(18-12-42-13-18)3-4-44(22,40)41/h6-9,14-16,18,34H,1-5,10-13H2,(H,32,33,35,36). The average Bonchev–Trinajstić information content (AvgIpc) is 3.70. The van der Waals surface area contributed by atoms with Gasteiger partial charge >= 0.3 is 6.18 Å². The van der Waals surface area contributed by atoms with Crippen LogP contribution >= 0.6 is 11.3 Å². The molecular weight excluding hydrogens is 619 g/mol. The van der Waals surface area contributed by atoms with Gasteiger partial charge in [-0.3, -0.25) is 4.79 Å². The number of piperazine rings is 1. The zero-order valence-corrected chi connectivity index (χ0v) is 24.9. The number of carbonyl (C=O) groups is 1. The highest BCUT2D eigenvalue weighted by Crippen LogP contribution is 2.46. The Kier molecular flexibility index (Phi) is 6.45. The van der Waals surface area contributed by atoms with Gasteiger partial charge in [0.05, 0.1) is 52.4 Å². The van der Waals surface area contributed by atoms with E-state index in [4.69, 9.17) is 4.74 Å². The van der Waals surface area contributed by atoms with E-state index < -0.39 is 33.2 Å². The van der Waals surface area contributed by atoms with E-state index in [1.54, 1.807) is 6.20 Å². The predicted molar refractivity (Wildman–Crippen MR) is 155 cm³/mol. The van der Waals surface area contributed by atoms with Crippen molar-refractivity contribution in [3.63, 3.8) is 0 Å². The molecule has 16 heteroatoms. The number of hydrogen-bond donors (Lipinski definition) is 2. The number of carbonyl (C=O) groups excluding carboxylic acids is 1. The summed E-state index contributed by atoms with van der Waals surface area (Å²) < 4.78 is 74.0. The van der Waals surface area contributed by atoms with Crippen molar-refractivity contribution < 1.29 is 31.1 Å². The van der Waals surface area contributed by atoms with Crippen molar-refractivity contribution in [3.8, 4) is 10.6 Å². The Hall–Kier alpha value is -3.34. The molecule has 232 valence electrons. The lowest BCUT2D eigenvalue weighted by Crippen LogP contribution is -2.67. The number of piperidine rings is 1. The topological polar surface area (TPSA) is 130 Å². The molecular formula is C28H28F3N7O4S2. The normalized spacial score (nSPS) is 24.8. The number of sulfone groups is 1. The summed E-state index contributed by atoms with van der Waals surface area (Å²) in [5.41, 5.74) is 0.339. The lowest BCUT2D eigenvalue weighted by Gasteiger charge is -2.49. The van der Waals surface area contributed by atoms with Crippen LogP contribution in [0.5, 0.6) is 0 Å². The van der Waals surface area contributed by atoms with Gasteiger partial charge in [0.2, 0.25) is 5.95 Å². The number of amides is 1. The molecule has 3 aromatic heterocycles. The van der Waals surface area contributed by atoms with E-state index in [-0.39, 0.29) is 58.1 Å². The van der Waals surface area contributed by atoms with Gasteiger partial charge in [-0.05, 0) is 37.3 Å². The second kappa shape index (κ2) is 10.1. The molecule has 1 aliphatic carbocycles. The first-order chi connectivity index (χ1) is 21.0. The van der Waals surface area contributed by atoms with Gasteiger partial charge in [-0.2, -0.15) is 13.2 Å². The van der Waals surface area contributed by atoms with E-state index in [9.17, 15) is 26.4 Å². The number of nitrogens with one attached hydrogen (secondary N) is 2. The molecule has 9 rings (SSSR count). The van der Waals surface area contributed by atoms with Crippen LogP contribution in [0.1, 0.15) is 46.0 Å². The molecule has 1 amide bonds. The molecule has 3 aromatic rings. The van der Waals surface area contributed by atoms with E-state index in [1.807, 2.05) is 0 Å². The van der Waals surface area contributed by atoms with Crippen molar-refractivity contribution in [3.05, 3.63) is 40.5 Å². The minimum atomic E-state index is -4.82. The first-order valence-corrected chi connectivity index (χ1v) is 17.0. The van der Waals surface area contributed by atoms with Crippen molar-refractivity contribution in [2.45, 2.75) is 54.4 Å². The quantitative estimate of drug-likeness (QED) is 0.411. The lowest BCUT2D eigenvalue weighted by atomic mass is 9.91. The molecule has 4 saturated heterocycles. The summed E-state index contributed by atoms with van der Waals surface area (Å²) in [5.74, 6) is -0.219. The number of ether oxygens (including phenoxy) is 1. The van der Waals surface area contributed by atoms with E-state index in [0.29, 0.717) is 35.4 Å². The molecule has 44 heavy (non-hydrogen) atoms. The van der Waals surface area contributed by atoms with Gasteiger partial charge in [-0.1, -0.05) is 0 Å². The van der Waals surface area contributed by atoms with E-state index in [2.05, 4.69) is 36.6 Å². The minimum absolute atomic E-state index is 0.00771. The van der Waals surface area contributed by atoms with Crippen molar-refractivity contribution >= 4 is 44.5 Å². The fourth-order valence-corrected chi connectivity index (χ4v) is 9.22. The number of nitrogens with zero attached hydrogens (tertiary/aromatic N) is 5. The molecule has 8 heterocycles. The zero-order chi connectivity index (χ0) is 30.4. The number of fused-ring (bicyclic) bond motifs is 3. The first kappa shape index (κ1) is 28.2. The first-order valence-electron chi connectivity index (χ1n) is 14.5. The van der Waals surface area contributed by atoms with Gasteiger partial charge < -0.3 is 25.2 Å². The number of anilines is 3. The molecule has 0 radical (unpaired) electrons. The maximum Gasteiger partial charge on any atom is 0.420 e. The van der Waals surface area contributed by atoms with E-state index >= 15 is 0 Å². The van der Waals surface area contributed by atoms with Crippen LogP contribution in [-0.4, -0.2) is 90.9 Å². The zero-order valence-electron chi connectivity index (χ0n) is 23.3. The molecule has 5 aliphatic heterocycles. The summed E-state index contributed by atoms with van der Waals surface area (Å²) in [5, 5.41) is 6.55. The molecule has 2 atom stereocenters. The average molecular weight is 648 g/mol. The van der Waals surface area contributed by atoms with Crippen LogP contribution in [0.4, 0.5) is 30.6 Å². The summed E-state index contributed by atoms with van der Waals surface area (Å²) in [6.07, 6.45) is 0.764. The monoisotopic (exact) mass is 647 g/mol. The van der Waals surface area contributed by atoms with Gasteiger partial charge in [-0.25, -0.2) is 23.4 Å². The maximum absolute atomic E-state index is 14.2. The summed E-state index contributed by atoms with van der Waals surface area (Å²) >= 11 is 0.697. The van der Waals surface area contributed by atoms with Crippen LogP contribution in [0.25, 0.3) is 10.6 Å². The van der Waals surface area contributed by atoms with Crippen molar-refractivity contribution in [1.82, 2.24) is 25.2 Å². The third-order valence-electron chi connectivity index (χ3n) is 8.92. The van der Waals surface area contributed by atoms with Crippen molar-refractivity contribution in [1.29, 1.82) is 0 Å². The molecule has 0 aromatic carbocycles. The van der Waals surface area contributed by atoms with E-state index in [1.165, 1.54) is 11.3 Å². The molecule has 2 bridgehead atoms. The van der Waals surface area contributed by atoms with Gasteiger partial charge in [0, 0.05) is 43.5 Å². The van der Waals surface area contributed by atoms with Crippen LogP contribution < -0.4 is 15.5 Å². The fourth-order valence-electron chi connectivity index (χ4n) is 6.30. The maximum atomic E-state index is 14.2. The van der Waals surface area contributed by atoms with E-state index in [0.717, 1.165) is 43.2 Å². The van der Waals surface area contributed by atoms with Gasteiger partial charge in [0.15, 0.2) is 9.84 Å². The SMILES string of the molecule is O=C1c2sc(-c3nc(Nc4ncc(N5CC6CC(C5)N6)cc4C4CC4)ncc3C(F)(F)F)cc2S(=O)(=O)CCN1C1COC1. The number of alkyl halides is 3. The fraction of sp³-hybridized carbons (Fsp3) is 0.500. The second-order valence-electron chi connectivity index (χ2n) is 12.0. The lowest BCUT2D eigenvalue weighted by molar-refractivity contribution is -0.137. The van der Waals surface area contributed by atoms with Crippen LogP contribution in [0, 0.1) is 0 Å². The minimum Gasteiger partial charge on any atom is -0.377 e. The molecule has 1 saturated carbocycles. The Bertz CT molecular complexity index is 1760. The number of halogens is 3. The third kappa shape index (κ3) is 4.91. The number of thiophene rings is 1. The Morgan fingerprint density at radius 1 is 1.09 bits per heavy atom. The molecule has 0 spiro atoms. The number of pyridine rings is 1. The number of rotatable bonds is 6. The van der Waals surface area contributed by atoms with Gasteiger partial charge in [0.1, 0.15) is 16.3 Å². The second-order valence-corrected chi connectivity index (χ2v) is 15.1. The highest BCUT2D eigenvalue weighted by Gasteiger charge is 2.41. The molecule has 6 aliphatic rings. The van der Waals surface area contributed by atoms with Crippen molar-refractivity contribution in [2.75, 3.05) is 48.8 Å². The Balaban J connectivity index is 1.15. The summed E-state index contributed by atoms with van der Waals surface area (Å²) in [7, 11) is -3.93. The summed E-state index contributed by atoms with van der Waals surface area (Å²) in [4.78, 5) is 29.5. The highest BCUT2D eigenvalue weighted by molar-refractivity contribution is 7.91. The summed E-state index contributed by atoms with van der Waals surface area (Å²) in [6.45, 7) is 2.36. The predicted octanol–water partition coefficient (Wildman–Crippen LogP) is 3.42. The summed E-state index contributed by atoms with van der Waals surface area (Å²) in [6, 6.07) is 3.90.